The highest BCUT2D eigenvalue weighted by molar-refractivity contribution is 6.25. The Morgan fingerprint density at radius 1 is 0.256 bits per heavy atom. The Kier molecular flexibility index (Phi) is 9.91. The molecule has 8 heteroatoms. The van der Waals surface area contributed by atoms with Gasteiger partial charge in [-0.25, -0.2) is 0 Å². The summed E-state index contributed by atoms with van der Waals surface area (Å²) in [7, 11) is 0. The number of hydrogen-bond acceptors (Lipinski definition) is 3. The van der Waals surface area contributed by atoms with Crippen LogP contribution in [0.5, 0.6) is 0 Å². The Balaban J connectivity index is 0.996. The number of rotatable bonds is 6. The van der Waals surface area contributed by atoms with Crippen LogP contribution in [0.25, 0.3) is 149 Å². The summed E-state index contributed by atoms with van der Waals surface area (Å²) in [5.41, 5.74) is 19.2. The first-order valence-corrected chi connectivity index (χ1v) is 29.7. The Bertz CT molecular complexity index is 5590. The van der Waals surface area contributed by atoms with Crippen LogP contribution in [0.3, 0.4) is 0 Å². The first-order valence-electron chi connectivity index (χ1n) is 29.7. The number of fused-ring (bicyclic) bond motifs is 21. The van der Waals surface area contributed by atoms with Gasteiger partial charge in [-0.2, -0.15) is 15.0 Å². The van der Waals surface area contributed by atoms with Crippen molar-refractivity contribution in [2.24, 2.45) is 0 Å². The summed E-state index contributed by atoms with van der Waals surface area (Å²) in [6.07, 6.45) is 1.77. The molecule has 8 nitrogen and oxygen atoms in total. The largest absolute Gasteiger partial charge is 0.307 e. The maximum absolute atomic E-state index is 5.97. The summed E-state index contributed by atoms with van der Waals surface area (Å²) in [5, 5.41) is 11.4. The lowest BCUT2D eigenvalue weighted by Crippen LogP contribution is -2.14. The second-order valence-electron chi connectivity index (χ2n) is 23.0. The van der Waals surface area contributed by atoms with Gasteiger partial charge in [-0.15, -0.1) is 0 Å². The molecule has 86 heavy (non-hydrogen) atoms. The third-order valence-electron chi connectivity index (χ3n) is 18.6. The molecule has 0 amide bonds. The molecule has 0 aliphatic heterocycles. The van der Waals surface area contributed by atoms with Crippen LogP contribution in [0.2, 0.25) is 0 Å². The molecule has 1 unspecified atom stereocenters. The van der Waals surface area contributed by atoms with Crippen molar-refractivity contribution in [3.63, 3.8) is 0 Å². The fraction of sp³-hybridized carbons (Fsp3) is 0.0385. The summed E-state index contributed by atoms with van der Waals surface area (Å²) < 4.78 is 11.9. The second-order valence-corrected chi connectivity index (χ2v) is 23.0. The summed E-state index contributed by atoms with van der Waals surface area (Å²) >= 11 is 0. The summed E-state index contributed by atoms with van der Waals surface area (Å²) in [4.78, 5) is 17.9. The molecule has 0 saturated heterocycles. The van der Waals surface area contributed by atoms with E-state index < -0.39 is 0 Å². The number of aromatic nitrogens is 8. The van der Waals surface area contributed by atoms with E-state index in [1.165, 1.54) is 38.6 Å². The molecule has 0 spiro atoms. The molecule has 0 radical (unpaired) electrons. The maximum atomic E-state index is 5.97. The molecule has 1 aliphatic rings. The average molecular weight is 1100 g/mol. The van der Waals surface area contributed by atoms with Crippen LogP contribution < -0.4 is 0 Å². The van der Waals surface area contributed by atoms with Gasteiger partial charge < -0.3 is 9.13 Å². The third-order valence-corrected chi connectivity index (χ3v) is 18.6. The van der Waals surface area contributed by atoms with Gasteiger partial charge in [0.2, 0.25) is 17.8 Å². The van der Waals surface area contributed by atoms with Gasteiger partial charge in [0.15, 0.2) is 0 Å². The van der Waals surface area contributed by atoms with Crippen LogP contribution in [0.1, 0.15) is 29.0 Å². The quantitative estimate of drug-likeness (QED) is 0.167. The predicted octanol–water partition coefficient (Wildman–Crippen LogP) is 19.1. The highest BCUT2D eigenvalue weighted by Gasteiger charge is 2.31. The van der Waals surface area contributed by atoms with Crippen molar-refractivity contribution in [3.8, 4) is 40.3 Å². The van der Waals surface area contributed by atoms with E-state index in [1.807, 2.05) is 0 Å². The molecule has 12 aromatic carbocycles. The van der Waals surface area contributed by atoms with Crippen molar-refractivity contribution in [1.82, 2.24) is 37.8 Å². The van der Waals surface area contributed by atoms with E-state index in [-0.39, 0.29) is 5.92 Å². The van der Waals surface area contributed by atoms with Crippen LogP contribution in [-0.2, 0) is 6.42 Å². The monoisotopic (exact) mass is 1100 g/mol. The van der Waals surface area contributed by atoms with Crippen molar-refractivity contribution < 1.29 is 0 Å². The zero-order chi connectivity index (χ0) is 56.1. The highest BCUT2D eigenvalue weighted by atomic mass is 15.3. The number of para-hydroxylation sites is 7. The first-order chi connectivity index (χ1) is 42.7. The van der Waals surface area contributed by atoms with Gasteiger partial charge >= 0.3 is 0 Å². The van der Waals surface area contributed by atoms with E-state index in [4.69, 9.17) is 15.0 Å². The van der Waals surface area contributed by atoms with Gasteiger partial charge in [-0.3, -0.25) is 13.7 Å². The summed E-state index contributed by atoms with van der Waals surface area (Å²) in [6, 6.07) is 99.4. The van der Waals surface area contributed by atoms with E-state index in [1.54, 1.807) is 0 Å². The Hall–Kier alpha value is -11.4. The van der Waals surface area contributed by atoms with Crippen LogP contribution >= 0.6 is 0 Å². The fourth-order valence-corrected chi connectivity index (χ4v) is 15.1. The van der Waals surface area contributed by atoms with Gasteiger partial charge in [-0.1, -0.05) is 218 Å². The smallest absolute Gasteiger partial charge is 0.241 e. The van der Waals surface area contributed by atoms with Gasteiger partial charge in [-0.05, 0) is 95.3 Å². The lowest BCUT2D eigenvalue weighted by atomic mass is 9.86. The standard InChI is InChI=1S/C78H50N8/c1-4-22-48(23-5-1)51-40-42-60-54(53-29-11-10-28-52(51)53)41-43-61-55-30-14-19-37-68(55)84(71(60)61)76-79-77(85-69-38-20-15-33-58(69)64-46-44-62-56-31-12-17-35-66(56)82(72(62)74(64)85)49-24-6-2-7-25-49)81-78(80-76)86-70-39-21-16-34-59(70)65-47-45-63-57-32-13-18-36-67(57)83(73(63)75(65)86)50-26-8-3-9-27-50/h1-39,41,43-47,51H,40,42H2. The van der Waals surface area contributed by atoms with E-state index in [9.17, 15) is 0 Å². The van der Waals surface area contributed by atoms with Crippen LogP contribution in [0, 0.1) is 0 Å². The maximum Gasteiger partial charge on any atom is 0.241 e. The van der Waals surface area contributed by atoms with E-state index in [0.717, 1.165) is 122 Å². The zero-order valence-electron chi connectivity index (χ0n) is 46.6. The molecular weight excluding hydrogens is 1050 g/mol. The lowest BCUT2D eigenvalue weighted by molar-refractivity contribution is 0.726. The normalized spacial score (nSPS) is 13.6. The average Bonchev–Trinajstić information content (AvgIpc) is 1.71. The van der Waals surface area contributed by atoms with Crippen molar-refractivity contribution in [2.45, 2.75) is 18.8 Å². The van der Waals surface area contributed by atoms with Crippen molar-refractivity contribution in [1.29, 1.82) is 0 Å². The minimum absolute atomic E-state index is 0.209. The number of nitrogens with zero attached hydrogens (tertiary/aromatic N) is 8. The van der Waals surface area contributed by atoms with Crippen molar-refractivity contribution in [2.75, 3.05) is 0 Å². The van der Waals surface area contributed by atoms with E-state index in [0.29, 0.717) is 17.8 Å². The molecule has 1 aliphatic carbocycles. The van der Waals surface area contributed by atoms with Crippen LogP contribution in [0.4, 0.5) is 0 Å². The van der Waals surface area contributed by atoms with E-state index in [2.05, 4.69) is 296 Å². The minimum Gasteiger partial charge on any atom is -0.307 e. The second kappa shape index (κ2) is 18.1. The molecule has 19 rings (SSSR count). The number of aryl methyl sites for hydroxylation is 1. The fourth-order valence-electron chi connectivity index (χ4n) is 15.1. The van der Waals surface area contributed by atoms with Gasteiger partial charge in [0.1, 0.15) is 0 Å². The van der Waals surface area contributed by atoms with Crippen LogP contribution in [-0.4, -0.2) is 37.8 Å². The minimum atomic E-state index is 0.209. The molecule has 18 aromatic rings. The van der Waals surface area contributed by atoms with Crippen LogP contribution in [0.15, 0.2) is 273 Å². The number of hydrogen-bond donors (Lipinski definition) is 0. The molecule has 6 heterocycles. The topological polar surface area (TPSA) is 63.3 Å². The van der Waals surface area contributed by atoms with Gasteiger partial charge in [0.05, 0.1) is 55.2 Å². The summed E-state index contributed by atoms with van der Waals surface area (Å²) in [5.74, 6) is 1.76. The molecule has 1 atom stereocenters. The molecule has 0 N–H and O–H groups in total. The van der Waals surface area contributed by atoms with Crippen molar-refractivity contribution in [3.05, 3.63) is 290 Å². The first kappa shape index (κ1) is 47.2. The predicted molar refractivity (Wildman–Crippen MR) is 354 cm³/mol. The van der Waals surface area contributed by atoms with E-state index >= 15 is 0 Å². The lowest BCUT2D eigenvalue weighted by Gasteiger charge is -2.18. The molecule has 0 fully saturated rings. The Labute approximate surface area is 492 Å². The number of benzene rings is 12. The molecule has 402 valence electrons. The molecule has 0 bridgehead atoms. The Morgan fingerprint density at radius 2 is 0.581 bits per heavy atom. The van der Waals surface area contributed by atoms with Crippen molar-refractivity contribution >= 4 is 109 Å². The Morgan fingerprint density at radius 3 is 1.02 bits per heavy atom. The SMILES string of the molecule is c1ccc(C2CCc3c(ccc4c5ccccc5n(-c5nc(-n6c7ccccc7c7ccc8c9ccccc9n(-c9ccccc9)c8c76)nc(-n6c7ccccc7c7ccc8c9ccccc9n(-c9ccccc9)c8c76)n5)c34)-c3ccccc32)cc1. The highest BCUT2D eigenvalue weighted by Crippen LogP contribution is 2.48. The van der Waals surface area contributed by atoms with Gasteiger partial charge in [0, 0.05) is 71.2 Å². The van der Waals surface area contributed by atoms with Gasteiger partial charge in [0.25, 0.3) is 0 Å². The summed E-state index contributed by atoms with van der Waals surface area (Å²) in [6.45, 7) is 0. The molecule has 6 aromatic heterocycles. The molecular formula is C78H50N8. The third kappa shape index (κ3) is 6.55. The zero-order valence-corrected chi connectivity index (χ0v) is 46.6. The molecule has 0 saturated carbocycles.